The normalized spacial score (nSPS) is 10.9. The summed E-state index contributed by atoms with van der Waals surface area (Å²) < 4.78 is 4.35. The van der Waals surface area contributed by atoms with Gasteiger partial charge in [-0.25, -0.2) is 0 Å². The third kappa shape index (κ3) is 7.44. The molecule has 12 rings (SSSR count). The summed E-state index contributed by atoms with van der Waals surface area (Å²) in [5.74, 6) is 0. The Hall–Kier alpha value is -11.3. The number of hydrogen-bond acceptors (Lipinski definition) is 6. The second-order valence-electron chi connectivity index (χ2n) is 18.0. The highest BCUT2D eigenvalue weighted by molar-refractivity contribution is 6.14. The summed E-state index contributed by atoms with van der Waals surface area (Å²) in [6.45, 7) is 0. The molecule has 74 heavy (non-hydrogen) atoms. The van der Waals surface area contributed by atoms with Gasteiger partial charge in [-0.05, 0) is 171 Å². The number of nitriles is 6. The van der Waals surface area contributed by atoms with E-state index in [-0.39, 0.29) is 0 Å². The van der Waals surface area contributed by atoms with Crippen LogP contribution in [0.5, 0.6) is 0 Å². The molecule has 0 fully saturated rings. The maximum atomic E-state index is 11.4. The van der Waals surface area contributed by atoms with Crippen LogP contribution in [0.4, 0.5) is 0 Å². The van der Waals surface area contributed by atoms with Crippen molar-refractivity contribution in [1.29, 1.82) is 31.6 Å². The molecule has 0 aliphatic heterocycles. The summed E-state index contributed by atoms with van der Waals surface area (Å²) in [5, 5.41) is 63.8. The van der Waals surface area contributed by atoms with E-state index in [1.165, 1.54) is 0 Å². The lowest BCUT2D eigenvalue weighted by molar-refractivity contribution is 1.14. The van der Waals surface area contributed by atoms with E-state index in [9.17, 15) is 31.6 Å². The summed E-state index contributed by atoms with van der Waals surface area (Å²) in [7, 11) is 0. The topological polar surface area (TPSA) is 153 Å². The average molecular weight is 939 g/mol. The first-order valence-corrected chi connectivity index (χ1v) is 23.6. The van der Waals surface area contributed by atoms with Gasteiger partial charge in [0.05, 0.1) is 97.2 Å². The van der Waals surface area contributed by atoms with Gasteiger partial charge in [0.15, 0.2) is 0 Å². The summed E-state index contributed by atoms with van der Waals surface area (Å²) in [5.41, 5.74) is 17.4. The highest BCUT2D eigenvalue weighted by atomic mass is 15.0. The maximum absolute atomic E-state index is 11.4. The van der Waals surface area contributed by atoms with Crippen molar-refractivity contribution < 1.29 is 0 Å². The van der Waals surface area contributed by atoms with Crippen LogP contribution in [0.3, 0.4) is 0 Å². The molecule has 2 heterocycles. The molecule has 0 aliphatic carbocycles. The van der Waals surface area contributed by atoms with Crippen LogP contribution >= 0.6 is 0 Å². The largest absolute Gasteiger partial charge is 0.309 e. The van der Waals surface area contributed by atoms with E-state index in [0.717, 1.165) is 105 Å². The lowest BCUT2D eigenvalue weighted by atomic mass is 9.97. The smallest absolute Gasteiger partial charge is 0.101 e. The van der Waals surface area contributed by atoms with E-state index < -0.39 is 0 Å². The van der Waals surface area contributed by atoms with Gasteiger partial charge in [0, 0.05) is 27.1 Å². The van der Waals surface area contributed by atoms with Crippen LogP contribution in [-0.2, 0) is 0 Å². The highest BCUT2D eigenvalue weighted by Gasteiger charge is 2.23. The lowest BCUT2D eigenvalue weighted by Gasteiger charge is -2.19. The minimum atomic E-state index is 0.421. The quantitative estimate of drug-likeness (QED) is 0.155. The average Bonchev–Trinajstić information content (AvgIpc) is 3.99. The van der Waals surface area contributed by atoms with Gasteiger partial charge in [0.1, 0.15) is 6.07 Å². The first kappa shape index (κ1) is 44.0. The van der Waals surface area contributed by atoms with Crippen LogP contribution < -0.4 is 0 Å². The Labute approximate surface area is 425 Å². The summed E-state index contributed by atoms with van der Waals surface area (Å²) >= 11 is 0. The summed E-state index contributed by atoms with van der Waals surface area (Å²) in [6, 6.07) is 80.8. The molecule has 0 saturated carbocycles. The van der Waals surface area contributed by atoms with Gasteiger partial charge in [-0.3, -0.25) is 0 Å². The monoisotopic (exact) mass is 938 g/mol. The van der Waals surface area contributed by atoms with Crippen molar-refractivity contribution in [3.8, 4) is 103 Å². The van der Waals surface area contributed by atoms with Gasteiger partial charge in [0.25, 0.3) is 0 Å². The van der Waals surface area contributed by atoms with Crippen LogP contribution in [0.25, 0.3) is 111 Å². The number of aromatic nitrogens is 2. The molecule has 0 radical (unpaired) electrons. The van der Waals surface area contributed by atoms with E-state index in [2.05, 4.69) is 124 Å². The molecular weight excluding hydrogens is 905 g/mol. The third-order valence-corrected chi connectivity index (χ3v) is 13.9. The molecule has 8 heteroatoms. The Bertz CT molecular complexity index is 4340. The van der Waals surface area contributed by atoms with Crippen molar-refractivity contribution in [2.75, 3.05) is 0 Å². The Morgan fingerprint density at radius 1 is 0.243 bits per heavy atom. The molecule has 2 aromatic heterocycles. The van der Waals surface area contributed by atoms with E-state index >= 15 is 0 Å². The van der Waals surface area contributed by atoms with Crippen LogP contribution in [-0.4, -0.2) is 9.13 Å². The number of benzene rings is 10. The fourth-order valence-electron chi connectivity index (χ4n) is 10.3. The maximum Gasteiger partial charge on any atom is 0.101 e. The zero-order valence-corrected chi connectivity index (χ0v) is 39.2. The Kier molecular flexibility index (Phi) is 10.7. The first-order chi connectivity index (χ1) is 36.4. The molecule has 12 aromatic rings. The predicted octanol–water partition coefficient (Wildman–Crippen LogP) is 15.4. The second kappa shape index (κ2) is 17.9. The number of rotatable bonds is 7. The molecule has 0 N–H and O–H groups in total. The Morgan fingerprint density at radius 3 is 0.892 bits per heavy atom. The molecular formula is C66H34N8. The minimum absolute atomic E-state index is 0.421. The standard InChI is InChI=1S/C66H34N8/c67-35-41-4-12-46(13-5-41)50-20-24-61-57(29-50)58-30-51(47-14-6-42(36-68)7-15-47)21-25-62(58)73(61)65-34-56(54-3-1-2-45(28-54)39-71)66(33-55(65)40-72)74-63-26-22-52(48-16-8-43(37-69)9-17-48)31-59(63)60-32-53(23-27-64(60)74)49-18-10-44(38-70)11-19-49/h1-34H. The van der Waals surface area contributed by atoms with Crippen LogP contribution in [0.15, 0.2) is 206 Å². The van der Waals surface area contributed by atoms with Crippen LogP contribution in [0.1, 0.15) is 33.4 Å². The summed E-state index contributed by atoms with van der Waals surface area (Å²) in [6.07, 6.45) is 0. The molecule has 0 bridgehead atoms. The van der Waals surface area contributed by atoms with E-state index in [0.29, 0.717) is 39.1 Å². The van der Waals surface area contributed by atoms with Crippen molar-refractivity contribution in [3.05, 3.63) is 240 Å². The van der Waals surface area contributed by atoms with Gasteiger partial charge < -0.3 is 9.13 Å². The molecule has 0 saturated heterocycles. The molecule has 8 nitrogen and oxygen atoms in total. The predicted molar refractivity (Wildman–Crippen MR) is 291 cm³/mol. The molecule has 0 aliphatic rings. The Morgan fingerprint density at radius 2 is 0.568 bits per heavy atom. The number of nitrogens with zero attached hydrogens (tertiary/aromatic N) is 8. The van der Waals surface area contributed by atoms with Gasteiger partial charge in [0.2, 0.25) is 0 Å². The van der Waals surface area contributed by atoms with Crippen molar-refractivity contribution in [2.24, 2.45) is 0 Å². The SMILES string of the molecule is N#Cc1ccc(-c2ccc3c(c2)c2cc(-c4ccc(C#N)cc4)ccc2n3-c2cc(-c3cccc(C#N)c3)c(-n3c4ccc(-c5ccc(C#N)cc5)cc4c4cc(-c5ccc(C#N)cc5)ccc43)cc2C#N)cc1. The summed E-state index contributed by atoms with van der Waals surface area (Å²) in [4.78, 5) is 0. The van der Waals surface area contributed by atoms with Crippen molar-refractivity contribution in [2.45, 2.75) is 0 Å². The Balaban J connectivity index is 1.13. The van der Waals surface area contributed by atoms with E-state index in [4.69, 9.17) is 0 Å². The minimum Gasteiger partial charge on any atom is -0.309 e. The zero-order valence-electron chi connectivity index (χ0n) is 39.2. The number of fused-ring (bicyclic) bond motifs is 6. The van der Waals surface area contributed by atoms with Gasteiger partial charge >= 0.3 is 0 Å². The number of hydrogen-bond donors (Lipinski definition) is 0. The molecule has 0 amide bonds. The highest BCUT2D eigenvalue weighted by Crippen LogP contribution is 2.44. The van der Waals surface area contributed by atoms with Gasteiger partial charge in [-0.15, -0.1) is 0 Å². The van der Waals surface area contributed by atoms with Crippen LogP contribution in [0.2, 0.25) is 0 Å². The molecule has 10 aromatic carbocycles. The molecule has 0 unspecified atom stereocenters. The third-order valence-electron chi connectivity index (χ3n) is 13.9. The molecule has 0 atom stereocenters. The van der Waals surface area contributed by atoms with Crippen molar-refractivity contribution in [3.63, 3.8) is 0 Å². The fraction of sp³-hybridized carbons (Fsp3) is 0. The zero-order chi connectivity index (χ0) is 50.5. The van der Waals surface area contributed by atoms with Crippen molar-refractivity contribution >= 4 is 43.6 Å². The lowest BCUT2D eigenvalue weighted by Crippen LogP contribution is -2.04. The van der Waals surface area contributed by atoms with Crippen molar-refractivity contribution in [1.82, 2.24) is 9.13 Å². The fourth-order valence-corrected chi connectivity index (χ4v) is 10.3. The first-order valence-electron chi connectivity index (χ1n) is 23.6. The van der Waals surface area contributed by atoms with Crippen LogP contribution in [0, 0.1) is 68.0 Å². The van der Waals surface area contributed by atoms with Gasteiger partial charge in [-0.2, -0.15) is 31.6 Å². The van der Waals surface area contributed by atoms with Gasteiger partial charge in [-0.1, -0.05) is 84.9 Å². The molecule has 0 spiro atoms. The second-order valence-corrected chi connectivity index (χ2v) is 18.0. The molecule has 338 valence electrons. The van der Waals surface area contributed by atoms with E-state index in [1.54, 1.807) is 6.07 Å². The van der Waals surface area contributed by atoms with E-state index in [1.807, 2.05) is 121 Å².